The maximum absolute atomic E-state index is 11.9. The van der Waals surface area contributed by atoms with Gasteiger partial charge in [-0.2, -0.15) is 0 Å². The molecule has 106 valence electrons. The Balaban J connectivity index is 1.84. The van der Waals surface area contributed by atoms with Crippen molar-refractivity contribution in [2.75, 3.05) is 11.4 Å². The van der Waals surface area contributed by atoms with Gasteiger partial charge < -0.3 is 4.90 Å². The molecule has 2 fully saturated rings. The lowest BCUT2D eigenvalue weighted by Gasteiger charge is -2.41. The van der Waals surface area contributed by atoms with Crippen LogP contribution in [0.1, 0.15) is 37.7 Å². The molecule has 0 radical (unpaired) electrons. The van der Waals surface area contributed by atoms with Crippen molar-refractivity contribution in [2.24, 2.45) is 0 Å². The molecule has 2 amide bonds. The third kappa shape index (κ3) is 2.29. The van der Waals surface area contributed by atoms with Crippen molar-refractivity contribution in [3.05, 3.63) is 28.8 Å². The van der Waals surface area contributed by atoms with E-state index in [1.807, 2.05) is 18.2 Å². The van der Waals surface area contributed by atoms with Gasteiger partial charge >= 0.3 is 0 Å². The number of benzene rings is 1. The number of nitrogens with zero attached hydrogens (tertiary/aromatic N) is 1. The number of hydrogen-bond donors (Lipinski definition) is 1. The van der Waals surface area contributed by atoms with Gasteiger partial charge in [0.05, 0.1) is 5.92 Å². The predicted octanol–water partition coefficient (Wildman–Crippen LogP) is 2.46. The van der Waals surface area contributed by atoms with E-state index in [1.165, 1.54) is 6.42 Å². The normalized spacial score (nSPS) is 26.2. The van der Waals surface area contributed by atoms with Crippen molar-refractivity contribution in [3.8, 4) is 0 Å². The first-order valence-corrected chi connectivity index (χ1v) is 7.34. The number of hydrogen-bond acceptors (Lipinski definition) is 3. The van der Waals surface area contributed by atoms with E-state index in [9.17, 15) is 9.59 Å². The molecule has 0 aromatic heterocycles. The largest absolute Gasteiger partial charge is 0.369 e. The van der Waals surface area contributed by atoms with E-state index >= 15 is 0 Å². The summed E-state index contributed by atoms with van der Waals surface area (Å²) >= 11 is 6.35. The van der Waals surface area contributed by atoms with Crippen molar-refractivity contribution >= 4 is 29.1 Å². The highest BCUT2D eigenvalue weighted by atomic mass is 35.5. The molecule has 2 heterocycles. The van der Waals surface area contributed by atoms with Crippen LogP contribution in [0.3, 0.4) is 0 Å². The fourth-order valence-electron chi connectivity index (χ4n) is 2.87. The summed E-state index contributed by atoms with van der Waals surface area (Å²) in [4.78, 5) is 25.4. The summed E-state index contributed by atoms with van der Waals surface area (Å²) < 4.78 is 0. The molecule has 0 aliphatic carbocycles. The van der Waals surface area contributed by atoms with Gasteiger partial charge in [0.1, 0.15) is 0 Å². The van der Waals surface area contributed by atoms with Gasteiger partial charge in [-0.1, -0.05) is 17.7 Å². The molecular formula is C15H17ClN2O2. The average molecular weight is 293 g/mol. The SMILES string of the molecule is CC1CCN1c1ccc(C2CCC(=O)NC2=O)c(Cl)c1. The van der Waals surface area contributed by atoms with Gasteiger partial charge in [-0.25, -0.2) is 0 Å². The van der Waals surface area contributed by atoms with Crippen LogP contribution in [0, 0.1) is 0 Å². The van der Waals surface area contributed by atoms with Gasteiger partial charge in [0.2, 0.25) is 11.8 Å². The highest BCUT2D eigenvalue weighted by Crippen LogP contribution is 2.35. The number of amides is 2. The van der Waals surface area contributed by atoms with E-state index in [4.69, 9.17) is 11.6 Å². The molecule has 0 bridgehead atoms. The highest BCUT2D eigenvalue weighted by molar-refractivity contribution is 6.32. The van der Waals surface area contributed by atoms with Crippen LogP contribution in [0.15, 0.2) is 18.2 Å². The Morgan fingerprint density at radius 3 is 2.65 bits per heavy atom. The lowest BCUT2D eigenvalue weighted by Crippen LogP contribution is -2.45. The summed E-state index contributed by atoms with van der Waals surface area (Å²) in [6.07, 6.45) is 2.11. The van der Waals surface area contributed by atoms with E-state index in [0.29, 0.717) is 23.9 Å². The first-order chi connectivity index (χ1) is 9.56. The highest BCUT2D eigenvalue weighted by Gasteiger charge is 2.30. The van der Waals surface area contributed by atoms with E-state index in [2.05, 4.69) is 17.1 Å². The molecule has 5 heteroatoms. The fourth-order valence-corrected chi connectivity index (χ4v) is 3.17. The summed E-state index contributed by atoms with van der Waals surface area (Å²) in [7, 11) is 0. The maximum Gasteiger partial charge on any atom is 0.234 e. The lowest BCUT2D eigenvalue weighted by atomic mass is 9.90. The Morgan fingerprint density at radius 2 is 2.10 bits per heavy atom. The molecule has 2 saturated heterocycles. The molecule has 4 nitrogen and oxygen atoms in total. The Bertz CT molecular complexity index is 573. The number of rotatable bonds is 2. The van der Waals surface area contributed by atoms with Crippen LogP contribution in [0.2, 0.25) is 5.02 Å². The quantitative estimate of drug-likeness (QED) is 0.852. The Labute approximate surface area is 123 Å². The summed E-state index contributed by atoms with van der Waals surface area (Å²) in [6, 6.07) is 6.41. The van der Waals surface area contributed by atoms with Crippen molar-refractivity contribution in [1.82, 2.24) is 5.32 Å². The van der Waals surface area contributed by atoms with Crippen LogP contribution >= 0.6 is 11.6 Å². The molecular weight excluding hydrogens is 276 g/mol. The molecule has 2 aliphatic heterocycles. The molecule has 20 heavy (non-hydrogen) atoms. The van der Waals surface area contributed by atoms with Crippen molar-refractivity contribution in [2.45, 2.75) is 38.1 Å². The number of carbonyl (C=O) groups is 2. The number of carbonyl (C=O) groups excluding carboxylic acids is 2. The molecule has 1 aromatic rings. The number of halogens is 1. The van der Waals surface area contributed by atoms with Crippen LogP contribution in [0.5, 0.6) is 0 Å². The zero-order valence-corrected chi connectivity index (χ0v) is 12.1. The maximum atomic E-state index is 11.9. The van der Waals surface area contributed by atoms with Gasteiger partial charge in [-0.3, -0.25) is 14.9 Å². The lowest BCUT2D eigenvalue weighted by molar-refractivity contribution is -0.134. The molecule has 1 N–H and O–H groups in total. The first-order valence-electron chi connectivity index (χ1n) is 6.96. The van der Waals surface area contributed by atoms with Gasteiger partial charge in [-0.05, 0) is 37.5 Å². The second-order valence-electron chi connectivity index (χ2n) is 5.54. The van der Waals surface area contributed by atoms with Crippen molar-refractivity contribution < 1.29 is 9.59 Å². The fraction of sp³-hybridized carbons (Fsp3) is 0.467. The smallest absolute Gasteiger partial charge is 0.234 e. The van der Waals surface area contributed by atoms with E-state index < -0.39 is 0 Å². The second kappa shape index (κ2) is 5.09. The van der Waals surface area contributed by atoms with Gasteiger partial charge in [0.25, 0.3) is 0 Å². The third-order valence-corrected chi connectivity index (χ3v) is 4.58. The van der Waals surface area contributed by atoms with E-state index in [0.717, 1.165) is 17.8 Å². The summed E-state index contributed by atoms with van der Waals surface area (Å²) in [5.74, 6) is -0.760. The number of piperidine rings is 1. The van der Waals surface area contributed by atoms with Crippen LogP contribution in [-0.4, -0.2) is 24.4 Å². The van der Waals surface area contributed by atoms with Crippen LogP contribution in [0.4, 0.5) is 5.69 Å². The van der Waals surface area contributed by atoms with Crippen LogP contribution in [-0.2, 0) is 9.59 Å². The van der Waals surface area contributed by atoms with Crippen LogP contribution < -0.4 is 10.2 Å². The summed E-state index contributed by atoms with van der Waals surface area (Å²) in [6.45, 7) is 3.24. The Kier molecular flexibility index (Phi) is 3.42. The van der Waals surface area contributed by atoms with Gasteiger partial charge in [-0.15, -0.1) is 0 Å². The molecule has 1 aromatic carbocycles. The van der Waals surface area contributed by atoms with Gasteiger partial charge in [0.15, 0.2) is 0 Å². The minimum absolute atomic E-state index is 0.201. The Morgan fingerprint density at radius 1 is 1.30 bits per heavy atom. The minimum Gasteiger partial charge on any atom is -0.369 e. The molecule has 2 atom stereocenters. The van der Waals surface area contributed by atoms with Crippen molar-refractivity contribution in [1.29, 1.82) is 0 Å². The molecule has 0 spiro atoms. The van der Waals surface area contributed by atoms with Crippen LogP contribution in [0.25, 0.3) is 0 Å². The molecule has 3 rings (SSSR count). The monoisotopic (exact) mass is 292 g/mol. The van der Waals surface area contributed by atoms with Gasteiger partial charge in [0, 0.05) is 29.7 Å². The predicted molar refractivity (Wildman–Crippen MR) is 78.0 cm³/mol. The summed E-state index contributed by atoms with van der Waals surface area (Å²) in [5.41, 5.74) is 1.92. The molecule has 0 saturated carbocycles. The number of nitrogens with one attached hydrogen (secondary N) is 1. The van der Waals surface area contributed by atoms with Crippen molar-refractivity contribution in [3.63, 3.8) is 0 Å². The average Bonchev–Trinajstić information content (AvgIpc) is 2.38. The van der Waals surface area contributed by atoms with E-state index in [-0.39, 0.29) is 17.7 Å². The second-order valence-corrected chi connectivity index (χ2v) is 5.95. The summed E-state index contributed by atoms with van der Waals surface area (Å²) in [5, 5.41) is 2.98. The zero-order valence-electron chi connectivity index (χ0n) is 11.4. The minimum atomic E-state index is -0.317. The number of anilines is 1. The third-order valence-electron chi connectivity index (χ3n) is 4.25. The zero-order chi connectivity index (χ0) is 14.3. The molecule has 2 unspecified atom stereocenters. The standard InChI is InChI=1S/C15H17ClN2O2/c1-9-6-7-18(9)10-2-3-11(13(16)8-10)12-4-5-14(19)17-15(12)20/h2-3,8-9,12H,4-7H2,1H3,(H,17,19,20). The molecule has 2 aliphatic rings. The Hall–Kier alpha value is -1.55. The topological polar surface area (TPSA) is 49.4 Å². The number of imide groups is 1. The van der Waals surface area contributed by atoms with E-state index in [1.54, 1.807) is 0 Å². The first kappa shape index (κ1) is 13.4.